The predicted molar refractivity (Wildman–Crippen MR) is 63.2 cm³/mol. The van der Waals surface area contributed by atoms with Gasteiger partial charge in [0.25, 0.3) is 0 Å². The van der Waals surface area contributed by atoms with Gasteiger partial charge in [-0.15, -0.1) is 0 Å². The van der Waals surface area contributed by atoms with Crippen molar-refractivity contribution in [2.24, 2.45) is 0 Å². The van der Waals surface area contributed by atoms with E-state index in [1.807, 2.05) is 0 Å². The van der Waals surface area contributed by atoms with Crippen molar-refractivity contribution in [2.75, 3.05) is 0 Å². The maximum Gasteiger partial charge on any atom is 0.239 e. The minimum atomic E-state index is -1.75. The number of piperidine rings is 1. The first-order chi connectivity index (χ1) is 8.65. The van der Waals surface area contributed by atoms with Gasteiger partial charge in [0, 0.05) is 18.8 Å². The number of nitrogens with zero attached hydrogens (tertiary/aromatic N) is 2. The van der Waals surface area contributed by atoms with E-state index >= 15 is 0 Å². The number of likely N-dealkylation sites (tertiary alicyclic amines) is 1. The lowest BCUT2D eigenvalue weighted by atomic mass is 9.90. The Morgan fingerprint density at radius 2 is 2.11 bits per heavy atom. The molecule has 0 spiro atoms. The highest BCUT2D eigenvalue weighted by Crippen LogP contribution is 2.30. The molecular weight excluding hydrogens is 235 g/mol. The number of imide groups is 1. The molecule has 1 aromatic heterocycles. The first kappa shape index (κ1) is 12.4. The van der Waals surface area contributed by atoms with Gasteiger partial charge in [0.05, 0.1) is 5.92 Å². The highest BCUT2D eigenvalue weighted by molar-refractivity contribution is 6.01. The second-order valence-corrected chi connectivity index (χ2v) is 4.08. The van der Waals surface area contributed by atoms with Gasteiger partial charge in [-0.05, 0) is 30.2 Å². The zero-order valence-electron chi connectivity index (χ0n) is 9.75. The van der Waals surface area contributed by atoms with Crippen molar-refractivity contribution in [1.82, 2.24) is 9.88 Å². The van der Waals surface area contributed by atoms with Crippen LogP contribution in [0.25, 0.3) is 0 Å². The van der Waals surface area contributed by atoms with Gasteiger partial charge < -0.3 is 0 Å². The molecule has 1 saturated heterocycles. The van der Waals surface area contributed by atoms with Crippen molar-refractivity contribution in [3.05, 3.63) is 42.7 Å². The van der Waals surface area contributed by atoms with Gasteiger partial charge in [-0.2, -0.15) is 0 Å². The third-order valence-electron chi connectivity index (χ3n) is 3.00. The molecule has 2 heterocycles. The van der Waals surface area contributed by atoms with Crippen LogP contribution >= 0.6 is 0 Å². The summed E-state index contributed by atoms with van der Waals surface area (Å²) in [6.07, 6.45) is 2.91. The molecule has 4 nitrogen and oxygen atoms in total. The van der Waals surface area contributed by atoms with Crippen molar-refractivity contribution in [2.45, 2.75) is 25.1 Å². The molecule has 0 aromatic carbocycles. The summed E-state index contributed by atoms with van der Waals surface area (Å²) in [6.45, 7) is 3.27. The average molecular weight is 248 g/mol. The van der Waals surface area contributed by atoms with E-state index in [1.54, 1.807) is 24.5 Å². The Bertz CT molecular complexity index is 475. The van der Waals surface area contributed by atoms with Gasteiger partial charge >= 0.3 is 0 Å². The van der Waals surface area contributed by atoms with Crippen LogP contribution in [-0.2, 0) is 9.59 Å². The van der Waals surface area contributed by atoms with E-state index < -0.39 is 24.0 Å². The maximum atomic E-state index is 13.6. The molecule has 2 atom stereocenters. The number of carbonyl (C=O) groups excluding carboxylic acids is 2. The molecule has 1 aliphatic heterocycles. The lowest BCUT2D eigenvalue weighted by Crippen LogP contribution is -2.47. The minimum absolute atomic E-state index is 0.160. The van der Waals surface area contributed by atoms with E-state index in [9.17, 15) is 14.0 Å². The summed E-state index contributed by atoms with van der Waals surface area (Å²) in [5.41, 5.74) is 0.753. The molecule has 2 rings (SSSR count). The van der Waals surface area contributed by atoms with Crippen molar-refractivity contribution in [3.63, 3.8) is 0 Å². The predicted octanol–water partition coefficient (Wildman–Crippen LogP) is 1.80. The van der Waals surface area contributed by atoms with Crippen molar-refractivity contribution in [3.8, 4) is 0 Å². The number of carbonyl (C=O) groups is 2. The number of hydrogen-bond acceptors (Lipinski definition) is 3. The Morgan fingerprint density at radius 3 is 2.72 bits per heavy atom. The smallest absolute Gasteiger partial charge is 0.239 e. The molecule has 0 bridgehead atoms. The fraction of sp³-hybridized carbons (Fsp3) is 0.308. The first-order valence-electron chi connectivity index (χ1n) is 5.67. The average Bonchev–Trinajstić information content (AvgIpc) is 2.39. The molecule has 0 radical (unpaired) electrons. The molecule has 18 heavy (non-hydrogen) atoms. The third kappa shape index (κ3) is 2.16. The SMILES string of the molecule is C=CC(F)N1C(=O)CCC(c2ccncc2)C1=O. The van der Waals surface area contributed by atoms with Gasteiger partial charge in [-0.1, -0.05) is 6.58 Å². The van der Waals surface area contributed by atoms with Crippen LogP contribution in [0, 0.1) is 0 Å². The van der Waals surface area contributed by atoms with Gasteiger partial charge in [-0.3, -0.25) is 14.6 Å². The molecule has 2 unspecified atom stereocenters. The van der Waals surface area contributed by atoms with E-state index in [2.05, 4.69) is 11.6 Å². The summed E-state index contributed by atoms with van der Waals surface area (Å²) >= 11 is 0. The number of alkyl halides is 1. The molecule has 94 valence electrons. The lowest BCUT2D eigenvalue weighted by molar-refractivity contribution is -0.154. The summed E-state index contributed by atoms with van der Waals surface area (Å²) in [6, 6.07) is 3.41. The Labute approximate surface area is 104 Å². The van der Waals surface area contributed by atoms with Crippen LogP contribution in [-0.4, -0.2) is 28.0 Å². The Balaban J connectivity index is 2.28. The highest BCUT2D eigenvalue weighted by atomic mass is 19.1. The molecule has 0 saturated carbocycles. The van der Waals surface area contributed by atoms with Crippen LogP contribution in [0.5, 0.6) is 0 Å². The zero-order valence-corrected chi connectivity index (χ0v) is 9.75. The molecule has 0 aliphatic carbocycles. The topological polar surface area (TPSA) is 50.3 Å². The van der Waals surface area contributed by atoms with Gasteiger partial charge in [0.1, 0.15) is 0 Å². The Hall–Kier alpha value is -2.04. The maximum absolute atomic E-state index is 13.6. The van der Waals surface area contributed by atoms with E-state index in [4.69, 9.17) is 0 Å². The molecule has 2 amide bonds. The molecule has 1 fully saturated rings. The minimum Gasteiger partial charge on any atom is -0.274 e. The Morgan fingerprint density at radius 1 is 1.44 bits per heavy atom. The molecular formula is C13H13FN2O2. The van der Waals surface area contributed by atoms with Gasteiger partial charge in [0.2, 0.25) is 11.8 Å². The fourth-order valence-corrected chi connectivity index (χ4v) is 2.07. The second kappa shape index (κ2) is 5.08. The molecule has 0 N–H and O–H groups in total. The van der Waals surface area contributed by atoms with Crippen LogP contribution in [0.3, 0.4) is 0 Å². The van der Waals surface area contributed by atoms with E-state index in [0.717, 1.165) is 11.6 Å². The van der Waals surface area contributed by atoms with Crippen LogP contribution < -0.4 is 0 Å². The zero-order chi connectivity index (χ0) is 13.1. The molecule has 1 aromatic rings. The van der Waals surface area contributed by atoms with Crippen molar-refractivity contribution >= 4 is 11.8 Å². The number of pyridine rings is 1. The highest BCUT2D eigenvalue weighted by Gasteiger charge is 2.38. The summed E-state index contributed by atoms with van der Waals surface area (Å²) < 4.78 is 13.6. The van der Waals surface area contributed by atoms with Gasteiger partial charge in [-0.25, -0.2) is 9.29 Å². The number of rotatable bonds is 3. The summed E-state index contributed by atoms with van der Waals surface area (Å²) in [5.74, 6) is -1.48. The van der Waals surface area contributed by atoms with Crippen LogP contribution in [0.1, 0.15) is 24.3 Å². The largest absolute Gasteiger partial charge is 0.274 e. The number of halogens is 1. The summed E-state index contributed by atoms with van der Waals surface area (Å²) in [5, 5.41) is 0. The van der Waals surface area contributed by atoms with Crippen molar-refractivity contribution in [1.29, 1.82) is 0 Å². The second-order valence-electron chi connectivity index (χ2n) is 4.08. The van der Waals surface area contributed by atoms with E-state index in [0.29, 0.717) is 11.3 Å². The molecule has 5 heteroatoms. The fourth-order valence-electron chi connectivity index (χ4n) is 2.07. The van der Waals surface area contributed by atoms with E-state index in [-0.39, 0.29) is 6.42 Å². The third-order valence-corrected chi connectivity index (χ3v) is 3.00. The summed E-state index contributed by atoms with van der Waals surface area (Å²) in [4.78, 5) is 28.2. The molecule has 1 aliphatic rings. The number of aromatic nitrogens is 1. The van der Waals surface area contributed by atoms with Crippen LogP contribution in [0.2, 0.25) is 0 Å². The van der Waals surface area contributed by atoms with E-state index in [1.165, 1.54) is 0 Å². The first-order valence-corrected chi connectivity index (χ1v) is 5.67. The normalized spacial score (nSPS) is 21.8. The number of amides is 2. The lowest BCUT2D eigenvalue weighted by Gasteiger charge is -2.31. The Kier molecular flexibility index (Phi) is 3.50. The monoisotopic (exact) mass is 248 g/mol. The summed E-state index contributed by atoms with van der Waals surface area (Å²) in [7, 11) is 0. The van der Waals surface area contributed by atoms with Crippen molar-refractivity contribution < 1.29 is 14.0 Å². The quantitative estimate of drug-likeness (QED) is 0.465. The number of hydrogen-bond donors (Lipinski definition) is 0. The van der Waals surface area contributed by atoms with Gasteiger partial charge in [0.15, 0.2) is 6.30 Å². The van der Waals surface area contributed by atoms with Crippen LogP contribution in [0.15, 0.2) is 37.2 Å². The standard InChI is InChI=1S/C13H13FN2O2/c1-2-11(14)16-12(17)4-3-10(13(16)18)9-5-7-15-8-6-9/h2,5-8,10-11H,1,3-4H2. The van der Waals surface area contributed by atoms with Crippen LogP contribution in [0.4, 0.5) is 4.39 Å².